The summed E-state index contributed by atoms with van der Waals surface area (Å²) in [5, 5.41) is 24.1. The van der Waals surface area contributed by atoms with E-state index in [1.165, 1.54) is 0 Å². The molecule has 0 saturated carbocycles. The summed E-state index contributed by atoms with van der Waals surface area (Å²) in [5.74, 6) is 0. The van der Waals surface area contributed by atoms with Crippen LogP contribution in [0.3, 0.4) is 0 Å². The Morgan fingerprint density at radius 1 is 0.460 bits per heavy atom. The average molecular weight is 636 g/mol. The van der Waals surface area contributed by atoms with Crippen molar-refractivity contribution in [2.24, 2.45) is 0 Å². The smallest absolute Gasteiger partial charge is 0.212 e. The second kappa shape index (κ2) is 11.4. The molecule has 0 amide bonds. The Kier molecular flexibility index (Phi) is 6.56. The van der Waals surface area contributed by atoms with E-state index in [1.54, 1.807) is 6.07 Å². The van der Waals surface area contributed by atoms with Crippen LogP contribution in [0.2, 0.25) is 0 Å². The lowest BCUT2D eigenvalue weighted by molar-refractivity contribution is 1.18. The van der Waals surface area contributed by atoms with Crippen LogP contribution in [-0.4, -0.2) is 9.13 Å². The largest absolute Gasteiger partial charge is 0.318 e. The van der Waals surface area contributed by atoms with Gasteiger partial charge in [-0.3, -0.25) is 0 Å². The minimum absolute atomic E-state index is 0.413. The quantitative estimate of drug-likeness (QED) is 0.181. The summed E-state index contributed by atoms with van der Waals surface area (Å²) in [7, 11) is 0. The number of aromatic nitrogens is 2. The highest BCUT2D eigenvalue weighted by Crippen LogP contribution is 2.44. The molecule has 0 radical (unpaired) electrons. The van der Waals surface area contributed by atoms with E-state index in [4.69, 9.17) is 6.57 Å². The van der Waals surface area contributed by atoms with Gasteiger partial charge in [0.15, 0.2) is 0 Å². The van der Waals surface area contributed by atoms with Crippen LogP contribution in [0, 0.1) is 29.2 Å². The number of fused-ring (bicyclic) bond motifs is 6. The molecule has 2 heterocycles. The molecule has 0 fully saturated rings. The van der Waals surface area contributed by atoms with Gasteiger partial charge in [-0.1, -0.05) is 91.0 Å². The molecule has 0 atom stereocenters. The molecule has 5 heteroatoms. The zero-order chi connectivity index (χ0) is 33.8. The Hall–Kier alpha value is -7.39. The molecule has 9 rings (SSSR count). The van der Waals surface area contributed by atoms with E-state index < -0.39 is 0 Å². The van der Waals surface area contributed by atoms with Crippen LogP contribution in [-0.2, 0) is 0 Å². The van der Waals surface area contributed by atoms with Gasteiger partial charge in [-0.2, -0.15) is 10.5 Å². The van der Waals surface area contributed by atoms with Crippen molar-refractivity contribution in [3.63, 3.8) is 0 Å². The van der Waals surface area contributed by atoms with Gasteiger partial charge < -0.3 is 9.13 Å². The fourth-order valence-corrected chi connectivity index (χ4v) is 7.48. The molecule has 0 aliphatic rings. The third-order valence-electron chi connectivity index (χ3n) is 9.58. The number of hydrogen-bond acceptors (Lipinski definition) is 2. The van der Waals surface area contributed by atoms with E-state index in [9.17, 15) is 10.5 Å². The topological polar surface area (TPSA) is 61.8 Å². The normalized spacial score (nSPS) is 11.1. The lowest BCUT2D eigenvalue weighted by atomic mass is 9.91. The van der Waals surface area contributed by atoms with Crippen molar-refractivity contribution in [1.82, 2.24) is 9.13 Å². The summed E-state index contributed by atoms with van der Waals surface area (Å²) in [6.45, 7) is 8.30. The second-order valence-electron chi connectivity index (χ2n) is 12.3. The Labute approximate surface area is 288 Å². The summed E-state index contributed by atoms with van der Waals surface area (Å²) in [6.07, 6.45) is 0. The van der Waals surface area contributed by atoms with Crippen LogP contribution in [0.5, 0.6) is 0 Å². The number of benzene rings is 7. The average Bonchev–Trinajstić information content (AvgIpc) is 3.70. The number of hydrogen-bond donors (Lipinski definition) is 0. The highest BCUT2D eigenvalue weighted by Gasteiger charge is 2.22. The maximum absolute atomic E-state index is 10.1. The predicted octanol–water partition coefficient (Wildman–Crippen LogP) is 11.5. The first kappa shape index (κ1) is 28.8. The molecule has 50 heavy (non-hydrogen) atoms. The number of nitrogens with zero attached hydrogens (tertiary/aromatic N) is 5. The first-order valence-electron chi connectivity index (χ1n) is 16.3. The molecule has 230 valence electrons. The fraction of sp³-hybridized carbons (Fsp3) is 0. The minimum atomic E-state index is 0.413. The zero-order valence-corrected chi connectivity index (χ0v) is 26.7. The summed E-state index contributed by atoms with van der Waals surface area (Å²) in [6, 6.07) is 55.5. The summed E-state index contributed by atoms with van der Waals surface area (Å²) >= 11 is 0. The summed E-state index contributed by atoms with van der Waals surface area (Å²) in [4.78, 5) is 4.01. The van der Waals surface area contributed by atoms with Crippen LogP contribution in [0.1, 0.15) is 11.1 Å². The van der Waals surface area contributed by atoms with Crippen molar-refractivity contribution < 1.29 is 0 Å². The van der Waals surface area contributed by atoms with Crippen LogP contribution >= 0.6 is 0 Å². The Balaban J connectivity index is 1.31. The molecule has 0 N–H and O–H groups in total. The second-order valence-corrected chi connectivity index (χ2v) is 12.3. The van der Waals surface area contributed by atoms with Crippen molar-refractivity contribution in [3.05, 3.63) is 174 Å². The van der Waals surface area contributed by atoms with Crippen molar-refractivity contribution in [2.75, 3.05) is 0 Å². The zero-order valence-electron chi connectivity index (χ0n) is 26.7. The van der Waals surface area contributed by atoms with Crippen molar-refractivity contribution in [1.29, 1.82) is 10.5 Å². The van der Waals surface area contributed by atoms with Gasteiger partial charge in [0.1, 0.15) is 0 Å². The predicted molar refractivity (Wildman–Crippen MR) is 202 cm³/mol. The van der Waals surface area contributed by atoms with E-state index in [1.807, 2.05) is 72.8 Å². The Bertz CT molecular complexity index is 2920. The number of rotatable bonds is 4. The molecular weight excluding hydrogens is 611 g/mol. The molecule has 0 aliphatic heterocycles. The summed E-state index contributed by atoms with van der Waals surface area (Å²) < 4.78 is 4.42. The van der Waals surface area contributed by atoms with Crippen LogP contribution in [0.25, 0.3) is 82.1 Å². The van der Waals surface area contributed by atoms with Gasteiger partial charge in [-0.05, 0) is 82.9 Å². The highest BCUT2D eigenvalue weighted by atomic mass is 15.0. The van der Waals surface area contributed by atoms with Gasteiger partial charge in [0.2, 0.25) is 5.69 Å². The number of nitriles is 2. The standard InChI is InChI=1S/C45H25N5/c1-48-40-25-30(28-47)24-39(45(40)50-42-19-8-4-15-35(42)36-16-5-9-20-43(36)50)34-14-3-2-13-33(34)31-11-10-12-32(26-31)49-41-18-7-6-17-37(41)38-23-29(27-46)21-22-44(38)49/h2-26H. The Morgan fingerprint density at radius 3 is 1.70 bits per heavy atom. The van der Waals surface area contributed by atoms with Gasteiger partial charge >= 0.3 is 0 Å². The first-order valence-corrected chi connectivity index (χ1v) is 16.3. The lowest BCUT2D eigenvalue weighted by Crippen LogP contribution is -2.00. The first-order chi connectivity index (χ1) is 24.7. The molecule has 0 spiro atoms. The van der Waals surface area contributed by atoms with E-state index in [0.29, 0.717) is 16.8 Å². The lowest BCUT2D eigenvalue weighted by Gasteiger charge is -2.19. The highest BCUT2D eigenvalue weighted by molar-refractivity contribution is 6.11. The van der Waals surface area contributed by atoms with Gasteiger partial charge in [-0.25, -0.2) is 4.85 Å². The fourth-order valence-electron chi connectivity index (χ4n) is 7.48. The SMILES string of the molecule is [C-]#[N+]c1cc(C#N)cc(-c2ccccc2-c2cccc(-n3c4ccccc4c4cc(C#N)ccc43)c2)c1-n1c2ccccc2c2ccccc21. The molecule has 0 unspecified atom stereocenters. The van der Waals surface area contributed by atoms with Crippen molar-refractivity contribution in [3.8, 4) is 45.8 Å². The monoisotopic (exact) mass is 635 g/mol. The molecule has 0 saturated heterocycles. The van der Waals surface area contributed by atoms with E-state index in [0.717, 1.165) is 77.2 Å². The molecule has 0 bridgehead atoms. The van der Waals surface area contributed by atoms with Gasteiger partial charge in [0.25, 0.3) is 0 Å². The van der Waals surface area contributed by atoms with Crippen LogP contribution < -0.4 is 0 Å². The molecular formula is C45H25N5. The summed E-state index contributed by atoms with van der Waals surface area (Å²) in [5.41, 5.74) is 11.0. The molecule has 0 aliphatic carbocycles. The van der Waals surface area contributed by atoms with E-state index >= 15 is 0 Å². The third-order valence-corrected chi connectivity index (χ3v) is 9.58. The van der Waals surface area contributed by atoms with Crippen LogP contribution in [0.4, 0.5) is 5.69 Å². The van der Waals surface area contributed by atoms with Crippen LogP contribution in [0.15, 0.2) is 152 Å². The van der Waals surface area contributed by atoms with Gasteiger partial charge in [0.05, 0.1) is 52.0 Å². The van der Waals surface area contributed by atoms with E-state index in [-0.39, 0.29) is 0 Å². The maximum Gasteiger partial charge on any atom is 0.212 e. The third kappa shape index (κ3) is 4.31. The minimum Gasteiger partial charge on any atom is -0.318 e. The molecule has 5 nitrogen and oxygen atoms in total. The number of para-hydroxylation sites is 3. The van der Waals surface area contributed by atoms with Crippen molar-refractivity contribution >= 4 is 49.3 Å². The maximum atomic E-state index is 10.1. The van der Waals surface area contributed by atoms with Gasteiger partial charge in [0, 0.05) is 32.8 Å². The molecule has 2 aromatic heterocycles. The Morgan fingerprint density at radius 2 is 1.04 bits per heavy atom. The molecule has 9 aromatic rings. The van der Waals surface area contributed by atoms with Crippen molar-refractivity contribution in [2.45, 2.75) is 0 Å². The molecule has 7 aromatic carbocycles. The van der Waals surface area contributed by atoms with Gasteiger partial charge in [-0.15, -0.1) is 0 Å². The van der Waals surface area contributed by atoms with E-state index in [2.05, 4.69) is 98.9 Å².